The summed E-state index contributed by atoms with van der Waals surface area (Å²) in [5.41, 5.74) is 0.497. The topological polar surface area (TPSA) is 63.6 Å². The summed E-state index contributed by atoms with van der Waals surface area (Å²) in [6.07, 6.45) is 5.97. The van der Waals surface area contributed by atoms with Crippen LogP contribution in [0.2, 0.25) is 0 Å². The summed E-state index contributed by atoms with van der Waals surface area (Å²) in [5.74, 6) is 1.30. The molecule has 2 aromatic heterocycles. The van der Waals surface area contributed by atoms with Crippen LogP contribution in [0.25, 0.3) is 11.2 Å². The van der Waals surface area contributed by atoms with Gasteiger partial charge in [-0.05, 0) is 85.4 Å². The lowest BCUT2D eigenvalue weighted by Crippen LogP contribution is -2.34. The summed E-state index contributed by atoms with van der Waals surface area (Å²) in [7, 11) is 1.71. The Bertz CT molecular complexity index is 1510. The van der Waals surface area contributed by atoms with E-state index < -0.39 is 17.4 Å². The zero-order valence-corrected chi connectivity index (χ0v) is 23.3. The number of aromatic nitrogens is 2. The van der Waals surface area contributed by atoms with E-state index in [0.29, 0.717) is 42.2 Å². The molecule has 217 valence electrons. The Morgan fingerprint density at radius 1 is 1.17 bits per heavy atom. The second-order valence-corrected chi connectivity index (χ2v) is 11.9. The molecule has 3 aromatic rings. The molecule has 0 N–H and O–H groups in total. The average Bonchev–Trinajstić information content (AvgIpc) is 3.55. The average molecular weight is 567 g/mol. The molecular weight excluding hydrogens is 531 g/mol. The van der Waals surface area contributed by atoms with Gasteiger partial charge in [-0.15, -0.1) is 0 Å². The van der Waals surface area contributed by atoms with E-state index in [4.69, 9.17) is 4.74 Å². The van der Waals surface area contributed by atoms with Gasteiger partial charge in [0.2, 0.25) is 0 Å². The molecular formula is C31H35F3N5O2. The molecule has 0 unspecified atom stereocenters. The van der Waals surface area contributed by atoms with Gasteiger partial charge < -0.3 is 4.74 Å². The fourth-order valence-corrected chi connectivity index (χ4v) is 6.82. The maximum absolute atomic E-state index is 14.3. The molecule has 7 nitrogen and oxygen atoms in total. The van der Waals surface area contributed by atoms with Gasteiger partial charge in [0.15, 0.2) is 0 Å². The number of piperidine rings is 1. The standard InChI is InChI=1S/C31H35F3N5O2/c1-20-5-4-10-37(15-20)16-22-13-26(31(32,33)34)28-18-38(30(40)39(28)17-22)25-7-3-6-23(14-25)29(27-8-9-35-36-27)24-11-21(12-24)19-41-2/h3,6-9,13-14,17-18,20-21,24,29H,4-5,10-12,15-16,19H2,1-2H3/t20-,21?,24?,29-/m0/s1. The number of azo groups is 1. The Hall–Kier alpha value is -3.24. The van der Waals surface area contributed by atoms with Crippen LogP contribution in [0.4, 0.5) is 13.2 Å². The number of nitrogens with zero attached hydrogens (tertiary/aromatic N) is 5. The number of likely N-dealkylation sites (tertiary alicyclic amines) is 1. The highest BCUT2D eigenvalue weighted by atomic mass is 19.4. The molecule has 1 aromatic carbocycles. The van der Waals surface area contributed by atoms with Gasteiger partial charge in [0.05, 0.1) is 16.8 Å². The van der Waals surface area contributed by atoms with Crippen molar-refractivity contribution < 1.29 is 17.9 Å². The Balaban J connectivity index is 1.37. The molecule has 3 aliphatic rings. The number of rotatable bonds is 8. The van der Waals surface area contributed by atoms with E-state index in [9.17, 15) is 18.0 Å². The molecule has 0 spiro atoms. The van der Waals surface area contributed by atoms with Gasteiger partial charge in [-0.1, -0.05) is 19.1 Å². The van der Waals surface area contributed by atoms with Crippen molar-refractivity contribution in [3.05, 3.63) is 88.2 Å². The molecule has 1 radical (unpaired) electrons. The monoisotopic (exact) mass is 566 g/mol. The third-order valence-corrected chi connectivity index (χ3v) is 8.73. The van der Waals surface area contributed by atoms with E-state index >= 15 is 0 Å². The maximum atomic E-state index is 14.3. The van der Waals surface area contributed by atoms with Crippen LogP contribution < -0.4 is 5.69 Å². The summed E-state index contributed by atoms with van der Waals surface area (Å²) in [6, 6.07) is 9.55. The van der Waals surface area contributed by atoms with E-state index in [-0.39, 0.29) is 11.4 Å². The third kappa shape index (κ3) is 5.64. The molecule has 0 bridgehead atoms. The highest BCUT2D eigenvalue weighted by molar-refractivity contribution is 5.58. The van der Waals surface area contributed by atoms with E-state index in [1.54, 1.807) is 25.6 Å². The molecule has 2 atom stereocenters. The van der Waals surface area contributed by atoms with Crippen LogP contribution in [0.1, 0.15) is 55.2 Å². The molecule has 41 heavy (non-hydrogen) atoms. The van der Waals surface area contributed by atoms with E-state index in [1.807, 2.05) is 24.3 Å². The van der Waals surface area contributed by atoms with Crippen LogP contribution in [0, 0.1) is 23.8 Å². The van der Waals surface area contributed by atoms with Crippen molar-refractivity contribution in [2.45, 2.75) is 51.2 Å². The summed E-state index contributed by atoms with van der Waals surface area (Å²) >= 11 is 0. The summed E-state index contributed by atoms with van der Waals surface area (Å²) < 4.78 is 50.6. The SMILES string of the molecule is COCC1CC([C@@H]([C]2C=CN=N2)c2cccc(-n3cc4c(C(F)(F)F)cc(CN5CCC[C@H](C)C5)cn4c3=O)c2)C1. The van der Waals surface area contributed by atoms with E-state index in [2.05, 4.69) is 22.1 Å². The predicted molar refractivity (Wildman–Crippen MR) is 150 cm³/mol. The van der Waals surface area contributed by atoms with Gasteiger partial charge in [0, 0.05) is 51.3 Å². The molecule has 1 saturated carbocycles. The van der Waals surface area contributed by atoms with E-state index in [0.717, 1.165) is 54.8 Å². The smallest absolute Gasteiger partial charge is 0.384 e. The third-order valence-electron chi connectivity index (χ3n) is 8.73. The zero-order chi connectivity index (χ0) is 28.7. The van der Waals surface area contributed by atoms with Crippen LogP contribution in [0.3, 0.4) is 0 Å². The number of hydrogen-bond acceptors (Lipinski definition) is 5. The molecule has 0 amide bonds. The minimum Gasteiger partial charge on any atom is -0.384 e. The quantitative estimate of drug-likeness (QED) is 0.308. The Morgan fingerprint density at radius 2 is 2.00 bits per heavy atom. The number of pyridine rings is 1. The van der Waals surface area contributed by atoms with Crippen molar-refractivity contribution in [2.24, 2.45) is 28.0 Å². The van der Waals surface area contributed by atoms with Crippen LogP contribution >= 0.6 is 0 Å². The highest BCUT2D eigenvalue weighted by Crippen LogP contribution is 2.49. The first-order chi connectivity index (χ1) is 19.7. The van der Waals surface area contributed by atoms with Gasteiger partial charge in [-0.25, -0.2) is 4.79 Å². The first-order valence-corrected chi connectivity index (χ1v) is 14.3. The first kappa shape index (κ1) is 27.9. The lowest BCUT2D eigenvalue weighted by molar-refractivity contribution is -0.136. The van der Waals surface area contributed by atoms with Crippen molar-refractivity contribution in [1.82, 2.24) is 13.9 Å². The van der Waals surface area contributed by atoms with Crippen molar-refractivity contribution >= 4 is 5.52 Å². The summed E-state index contributed by atoms with van der Waals surface area (Å²) in [6.45, 7) is 4.93. The van der Waals surface area contributed by atoms with Gasteiger partial charge >= 0.3 is 11.9 Å². The van der Waals surface area contributed by atoms with Gasteiger partial charge in [0.1, 0.15) is 6.04 Å². The Labute approximate surface area is 237 Å². The van der Waals surface area contributed by atoms with Crippen LogP contribution in [0.15, 0.2) is 70.0 Å². The molecule has 4 heterocycles. The number of imidazole rings is 1. The lowest BCUT2D eigenvalue weighted by Gasteiger charge is -2.41. The number of fused-ring (bicyclic) bond motifs is 1. The maximum Gasteiger partial charge on any atom is 0.418 e. The van der Waals surface area contributed by atoms with Crippen molar-refractivity contribution in [3.8, 4) is 5.69 Å². The second kappa shape index (κ2) is 11.2. The highest BCUT2D eigenvalue weighted by Gasteiger charge is 2.40. The van der Waals surface area contributed by atoms with Gasteiger partial charge in [0.25, 0.3) is 0 Å². The minimum absolute atomic E-state index is 0.0254. The van der Waals surface area contributed by atoms with Crippen molar-refractivity contribution in [2.75, 3.05) is 26.8 Å². The lowest BCUT2D eigenvalue weighted by atomic mass is 9.65. The molecule has 10 heteroatoms. The molecule has 6 rings (SSSR count). The fraction of sp³-hybridized carbons (Fsp3) is 0.484. The van der Waals surface area contributed by atoms with Crippen molar-refractivity contribution in [1.29, 1.82) is 0 Å². The number of halogens is 3. The van der Waals surface area contributed by atoms with Crippen molar-refractivity contribution in [3.63, 3.8) is 0 Å². The number of alkyl halides is 3. The number of ether oxygens (including phenoxy) is 1. The molecule has 1 aliphatic carbocycles. The second-order valence-electron chi connectivity index (χ2n) is 11.9. The van der Waals surface area contributed by atoms with E-state index in [1.165, 1.54) is 16.8 Å². The largest absolute Gasteiger partial charge is 0.418 e. The minimum atomic E-state index is -4.60. The zero-order valence-electron chi connectivity index (χ0n) is 23.3. The molecule has 2 aliphatic heterocycles. The van der Waals surface area contributed by atoms with Crippen LogP contribution in [-0.4, -0.2) is 40.7 Å². The van der Waals surface area contributed by atoms with Gasteiger partial charge in [-0.2, -0.15) is 23.4 Å². The fourth-order valence-electron chi connectivity index (χ4n) is 6.82. The number of methoxy groups -OCH3 is 1. The first-order valence-electron chi connectivity index (χ1n) is 14.3. The van der Waals surface area contributed by atoms with Gasteiger partial charge in [-0.3, -0.25) is 13.9 Å². The molecule has 1 saturated heterocycles. The molecule has 2 fully saturated rings. The Morgan fingerprint density at radius 3 is 2.71 bits per heavy atom. The Kier molecular flexibility index (Phi) is 7.63. The predicted octanol–water partition coefficient (Wildman–Crippen LogP) is 6.61. The normalized spacial score (nSPS) is 24.3. The number of benzene rings is 1. The van der Waals surface area contributed by atoms with Crippen LogP contribution in [0.5, 0.6) is 0 Å². The number of hydrogen-bond donors (Lipinski definition) is 0. The summed E-state index contributed by atoms with van der Waals surface area (Å²) in [5, 5.41) is 8.37. The van der Waals surface area contributed by atoms with Crippen LogP contribution in [-0.2, 0) is 17.5 Å². The summed E-state index contributed by atoms with van der Waals surface area (Å²) in [4.78, 5) is 15.8.